The van der Waals surface area contributed by atoms with Gasteiger partial charge in [0.05, 0.1) is 0 Å². The molecule has 2 aliphatic rings. The molecule has 0 amide bonds. The largest absolute Gasteiger partial charge is 0.504 e. The molecule has 0 aromatic heterocycles. The van der Waals surface area contributed by atoms with E-state index in [0.717, 1.165) is 5.57 Å². The Bertz CT molecular complexity index is 722. The van der Waals surface area contributed by atoms with Crippen LogP contribution in [0, 0.1) is 0 Å². The van der Waals surface area contributed by atoms with Crippen LogP contribution in [0.4, 0.5) is 0 Å². The molecule has 1 aliphatic carbocycles. The Labute approximate surface area is 114 Å². The van der Waals surface area contributed by atoms with Gasteiger partial charge in [-0.15, -0.1) is 0 Å². The molecule has 0 fully saturated rings. The summed E-state index contributed by atoms with van der Waals surface area (Å²) >= 11 is 0. The lowest BCUT2D eigenvalue weighted by Gasteiger charge is -2.13. The highest BCUT2D eigenvalue weighted by molar-refractivity contribution is 6.05. The Balaban J connectivity index is 2.24. The van der Waals surface area contributed by atoms with E-state index in [1.54, 1.807) is 6.92 Å². The van der Waals surface area contributed by atoms with Crippen LogP contribution in [-0.2, 0) is 16.1 Å². The molecule has 5 nitrogen and oxygen atoms in total. The van der Waals surface area contributed by atoms with Crippen LogP contribution in [0.3, 0.4) is 0 Å². The number of aliphatic hydroxyl groups excluding tert-OH is 1. The van der Waals surface area contributed by atoms with Gasteiger partial charge in [-0.25, -0.2) is 0 Å². The first-order valence-corrected chi connectivity index (χ1v) is 6.03. The predicted octanol–water partition coefficient (Wildman–Crippen LogP) is 2.31. The van der Waals surface area contributed by atoms with Gasteiger partial charge in [0.15, 0.2) is 17.3 Å². The molecule has 0 saturated heterocycles. The summed E-state index contributed by atoms with van der Waals surface area (Å²) in [6, 6.07) is 2.87. The molecule has 1 heterocycles. The summed E-state index contributed by atoms with van der Waals surface area (Å²) < 4.78 is 5.55. The van der Waals surface area contributed by atoms with E-state index in [2.05, 4.69) is 0 Å². The van der Waals surface area contributed by atoms with Gasteiger partial charge >= 0.3 is 0 Å². The average Bonchev–Trinajstić information content (AvgIpc) is 2.52. The van der Waals surface area contributed by atoms with E-state index in [1.165, 1.54) is 24.3 Å². The Morgan fingerprint density at radius 1 is 1.10 bits per heavy atom. The van der Waals surface area contributed by atoms with E-state index in [4.69, 9.17) is 4.74 Å². The van der Waals surface area contributed by atoms with Crippen LogP contribution in [0.25, 0.3) is 5.57 Å². The highest BCUT2D eigenvalue weighted by Crippen LogP contribution is 2.39. The fourth-order valence-electron chi connectivity index (χ4n) is 2.35. The summed E-state index contributed by atoms with van der Waals surface area (Å²) in [4.78, 5) is 11.5. The maximum atomic E-state index is 11.5. The maximum absolute atomic E-state index is 11.5. The highest BCUT2D eigenvalue weighted by Gasteiger charge is 2.25. The molecule has 20 heavy (non-hydrogen) atoms. The number of hydrogen-bond donors (Lipinski definition) is 3. The quantitative estimate of drug-likeness (QED) is 0.631. The van der Waals surface area contributed by atoms with Gasteiger partial charge in [-0.1, -0.05) is 0 Å². The Hall–Kier alpha value is -2.69. The van der Waals surface area contributed by atoms with Crippen LogP contribution in [0.5, 0.6) is 11.5 Å². The third kappa shape index (κ3) is 1.75. The van der Waals surface area contributed by atoms with Crippen molar-refractivity contribution in [2.75, 3.05) is 0 Å². The first-order chi connectivity index (χ1) is 9.47. The van der Waals surface area contributed by atoms with Gasteiger partial charge < -0.3 is 20.1 Å². The van der Waals surface area contributed by atoms with Gasteiger partial charge in [0.2, 0.25) is 5.78 Å². The molecule has 0 unspecified atom stereocenters. The lowest BCUT2D eigenvalue weighted by Crippen LogP contribution is -2.08. The van der Waals surface area contributed by atoms with Gasteiger partial charge in [-0.3, -0.25) is 4.79 Å². The maximum Gasteiger partial charge on any atom is 0.223 e. The summed E-state index contributed by atoms with van der Waals surface area (Å²) in [5, 5.41) is 28.7. The normalized spacial score (nSPS) is 17.6. The van der Waals surface area contributed by atoms with Gasteiger partial charge in [-0.05, 0) is 36.3 Å². The van der Waals surface area contributed by atoms with Crippen molar-refractivity contribution in [3.63, 3.8) is 0 Å². The lowest BCUT2D eigenvalue weighted by molar-refractivity contribution is -0.113. The van der Waals surface area contributed by atoms with Crippen LogP contribution < -0.4 is 0 Å². The molecule has 0 spiro atoms. The van der Waals surface area contributed by atoms with Crippen molar-refractivity contribution in [2.45, 2.75) is 13.5 Å². The fourth-order valence-corrected chi connectivity index (χ4v) is 2.35. The number of aliphatic hydroxyl groups is 1. The van der Waals surface area contributed by atoms with Crippen LogP contribution >= 0.6 is 0 Å². The van der Waals surface area contributed by atoms with Crippen LogP contribution in [0.2, 0.25) is 0 Å². The molecule has 5 heteroatoms. The topological polar surface area (TPSA) is 87.0 Å². The van der Waals surface area contributed by atoms with Crippen molar-refractivity contribution in [2.24, 2.45) is 0 Å². The minimum atomic E-state index is -0.506. The summed E-state index contributed by atoms with van der Waals surface area (Å²) in [6.45, 7) is 1.96. The van der Waals surface area contributed by atoms with Crippen LogP contribution in [0.1, 0.15) is 18.1 Å². The monoisotopic (exact) mass is 272 g/mol. The third-order valence-corrected chi connectivity index (χ3v) is 3.45. The Kier molecular flexibility index (Phi) is 2.57. The Morgan fingerprint density at radius 2 is 1.80 bits per heavy atom. The summed E-state index contributed by atoms with van der Waals surface area (Å²) in [6.07, 6.45) is 2.59. The molecule has 0 saturated carbocycles. The summed E-state index contributed by atoms with van der Waals surface area (Å²) in [5.74, 6) is -0.929. The number of carbonyl (C=O) groups excluding carboxylic acids is 1. The standard InChI is InChI=1S/C15H12O5/c1-7-9-3-12(17)11(16)2-8(9)6-20-15-5-14(19)13(18)4-10(7)15/h2-5,16-18H,6H2,1H3. The van der Waals surface area contributed by atoms with E-state index in [1.807, 2.05) is 0 Å². The molecular weight excluding hydrogens is 260 g/mol. The second-order valence-corrected chi connectivity index (χ2v) is 4.73. The summed E-state index contributed by atoms with van der Waals surface area (Å²) in [5.41, 5.74) is 2.74. The van der Waals surface area contributed by atoms with Crippen LogP contribution in [-0.4, -0.2) is 21.1 Å². The van der Waals surface area contributed by atoms with Crippen molar-refractivity contribution >= 4 is 11.4 Å². The number of aromatic hydroxyl groups is 2. The number of hydrogen-bond acceptors (Lipinski definition) is 5. The Morgan fingerprint density at radius 3 is 2.55 bits per heavy atom. The molecular formula is C15H12O5. The number of phenols is 2. The van der Waals surface area contributed by atoms with Crippen molar-refractivity contribution in [3.05, 3.63) is 52.5 Å². The molecule has 102 valence electrons. The number of ketones is 1. The molecule has 0 bridgehead atoms. The van der Waals surface area contributed by atoms with E-state index in [0.29, 0.717) is 22.5 Å². The number of ether oxygens (including phenoxy) is 1. The number of phenolic OH excluding ortho intramolecular Hbond substituents is 2. The van der Waals surface area contributed by atoms with E-state index in [-0.39, 0.29) is 23.9 Å². The molecule has 1 aliphatic heterocycles. The van der Waals surface area contributed by atoms with Crippen LogP contribution in [0.15, 0.2) is 41.4 Å². The number of carbonyl (C=O) groups is 1. The minimum Gasteiger partial charge on any atom is -0.504 e. The zero-order valence-corrected chi connectivity index (χ0v) is 10.7. The zero-order valence-electron chi connectivity index (χ0n) is 10.7. The van der Waals surface area contributed by atoms with Crippen molar-refractivity contribution in [1.82, 2.24) is 0 Å². The fraction of sp³-hybridized carbons (Fsp3) is 0.133. The van der Waals surface area contributed by atoms with Crippen molar-refractivity contribution in [3.8, 4) is 11.5 Å². The molecule has 0 atom stereocenters. The van der Waals surface area contributed by atoms with E-state index in [9.17, 15) is 20.1 Å². The summed E-state index contributed by atoms with van der Waals surface area (Å²) in [7, 11) is 0. The predicted molar refractivity (Wildman–Crippen MR) is 71.0 cm³/mol. The first-order valence-electron chi connectivity index (χ1n) is 6.03. The van der Waals surface area contributed by atoms with Gasteiger partial charge in [0.1, 0.15) is 12.4 Å². The first kappa shape index (κ1) is 12.3. The lowest BCUT2D eigenvalue weighted by atomic mass is 9.94. The second-order valence-electron chi connectivity index (χ2n) is 4.73. The van der Waals surface area contributed by atoms with Crippen molar-refractivity contribution in [1.29, 1.82) is 0 Å². The zero-order chi connectivity index (χ0) is 14.4. The molecule has 0 radical (unpaired) electrons. The van der Waals surface area contributed by atoms with Crippen molar-refractivity contribution < 1.29 is 24.9 Å². The third-order valence-electron chi connectivity index (χ3n) is 3.45. The number of allylic oxidation sites excluding steroid dienone is 3. The average molecular weight is 272 g/mol. The molecule has 3 rings (SSSR count). The number of benzene rings is 1. The van der Waals surface area contributed by atoms with E-state index >= 15 is 0 Å². The number of rotatable bonds is 0. The second kappa shape index (κ2) is 4.16. The smallest absolute Gasteiger partial charge is 0.223 e. The SMILES string of the molecule is CC1=C2C=C(O)C(=O)C=C2OCc2cc(O)c(O)cc21. The molecule has 1 aromatic rings. The molecule has 1 aromatic carbocycles. The van der Waals surface area contributed by atoms with Gasteiger partial charge in [0.25, 0.3) is 0 Å². The highest BCUT2D eigenvalue weighted by atomic mass is 16.5. The van der Waals surface area contributed by atoms with E-state index < -0.39 is 5.78 Å². The molecule has 3 N–H and O–H groups in total. The minimum absolute atomic E-state index is 0.164. The van der Waals surface area contributed by atoms with Gasteiger partial charge in [-0.2, -0.15) is 0 Å². The van der Waals surface area contributed by atoms with Gasteiger partial charge in [0, 0.05) is 17.2 Å². The number of fused-ring (bicyclic) bond motifs is 2.